The lowest BCUT2D eigenvalue weighted by molar-refractivity contribution is -0.0840. The first-order chi connectivity index (χ1) is 5.06. The summed E-state index contributed by atoms with van der Waals surface area (Å²) in [5, 5.41) is 0. The normalized spacial score (nSPS) is 32.2. The van der Waals surface area contributed by atoms with Gasteiger partial charge in [0.15, 0.2) is 0 Å². The van der Waals surface area contributed by atoms with Gasteiger partial charge in [0.1, 0.15) is 0 Å². The fourth-order valence-corrected chi connectivity index (χ4v) is 1.86. The summed E-state index contributed by atoms with van der Waals surface area (Å²) in [6, 6.07) is 0. The Labute approximate surface area is 70.3 Å². The summed E-state index contributed by atoms with van der Waals surface area (Å²) in [5.41, 5.74) is 0. The molecule has 0 bridgehead atoms. The van der Waals surface area contributed by atoms with E-state index in [4.69, 9.17) is 0 Å². The van der Waals surface area contributed by atoms with Crippen molar-refractivity contribution < 1.29 is 8.78 Å². The molecule has 4 heteroatoms. The maximum atomic E-state index is 12.9. The zero-order valence-corrected chi connectivity index (χ0v) is 7.63. The van der Waals surface area contributed by atoms with E-state index in [0.29, 0.717) is 13.1 Å². The molecule has 0 aliphatic carbocycles. The Bertz CT molecular complexity index is 140. The van der Waals surface area contributed by atoms with Crippen molar-refractivity contribution in [2.45, 2.75) is 19.3 Å². The average molecular weight is 181 g/mol. The second kappa shape index (κ2) is 3.27. The van der Waals surface area contributed by atoms with Crippen LogP contribution in [0.5, 0.6) is 0 Å². The van der Waals surface area contributed by atoms with Gasteiger partial charge < -0.3 is 0 Å². The number of hydrogen-bond donors (Lipinski definition) is 0. The average Bonchev–Trinajstić information content (AvgIpc) is 1.95. The molecule has 1 heterocycles. The van der Waals surface area contributed by atoms with Crippen LogP contribution in [-0.2, 0) is 0 Å². The third kappa shape index (κ3) is 2.06. The highest BCUT2D eigenvalue weighted by Crippen LogP contribution is 2.34. The van der Waals surface area contributed by atoms with Gasteiger partial charge in [0, 0.05) is 25.4 Å². The zero-order chi connectivity index (χ0) is 8.48. The van der Waals surface area contributed by atoms with Crippen LogP contribution in [0.15, 0.2) is 0 Å². The number of halogens is 2. The summed E-state index contributed by atoms with van der Waals surface area (Å²) in [4.78, 5) is 0. The Morgan fingerprint density at radius 3 is 2.64 bits per heavy atom. The lowest BCUT2D eigenvalue weighted by Gasteiger charge is -2.35. The smallest absolute Gasteiger partial charge is 0.250 e. The lowest BCUT2D eigenvalue weighted by Crippen LogP contribution is -2.42. The standard InChI is InChI=1S/C7H13F2NS/c1-6-5-10(11-2)4-3-7(6,8)9/h6H,3-5H2,1-2H3. The van der Waals surface area contributed by atoms with Crippen LogP contribution in [0, 0.1) is 5.92 Å². The predicted octanol–water partition coefficient (Wildman–Crippen LogP) is 2.24. The molecule has 1 rings (SSSR count). The van der Waals surface area contributed by atoms with Gasteiger partial charge in [0.05, 0.1) is 0 Å². The minimum Gasteiger partial charge on any atom is -0.250 e. The summed E-state index contributed by atoms with van der Waals surface area (Å²) in [7, 11) is 0. The quantitative estimate of drug-likeness (QED) is 0.571. The molecule has 1 aliphatic heterocycles. The van der Waals surface area contributed by atoms with Crippen molar-refractivity contribution in [1.29, 1.82) is 0 Å². The van der Waals surface area contributed by atoms with Crippen LogP contribution < -0.4 is 0 Å². The molecule has 0 radical (unpaired) electrons. The van der Waals surface area contributed by atoms with E-state index in [1.54, 1.807) is 18.9 Å². The van der Waals surface area contributed by atoms with Gasteiger partial charge >= 0.3 is 0 Å². The van der Waals surface area contributed by atoms with Crippen LogP contribution >= 0.6 is 11.9 Å². The van der Waals surface area contributed by atoms with Crippen LogP contribution in [0.3, 0.4) is 0 Å². The van der Waals surface area contributed by atoms with Gasteiger partial charge in [-0.25, -0.2) is 8.78 Å². The number of nitrogens with zero attached hydrogens (tertiary/aromatic N) is 1. The highest BCUT2D eigenvalue weighted by Gasteiger charge is 2.40. The molecule has 0 aromatic rings. The van der Waals surface area contributed by atoms with E-state index >= 15 is 0 Å². The van der Waals surface area contributed by atoms with Gasteiger partial charge in [-0.05, 0) is 6.26 Å². The Hall–Kier alpha value is 0.170. The van der Waals surface area contributed by atoms with Crippen LogP contribution in [0.1, 0.15) is 13.3 Å². The van der Waals surface area contributed by atoms with Crippen molar-refractivity contribution in [3.05, 3.63) is 0 Å². The molecule has 11 heavy (non-hydrogen) atoms. The number of piperidine rings is 1. The summed E-state index contributed by atoms with van der Waals surface area (Å²) in [6.07, 6.45) is 1.94. The first-order valence-electron chi connectivity index (χ1n) is 3.73. The Morgan fingerprint density at radius 2 is 2.18 bits per heavy atom. The van der Waals surface area contributed by atoms with E-state index < -0.39 is 11.8 Å². The fraction of sp³-hybridized carbons (Fsp3) is 1.00. The van der Waals surface area contributed by atoms with Crippen LogP contribution in [-0.4, -0.2) is 29.6 Å². The van der Waals surface area contributed by atoms with Gasteiger partial charge in [-0.3, -0.25) is 4.31 Å². The van der Waals surface area contributed by atoms with Gasteiger partial charge in [-0.2, -0.15) is 0 Å². The third-order valence-corrected chi connectivity index (χ3v) is 3.00. The van der Waals surface area contributed by atoms with Gasteiger partial charge in [0.25, 0.3) is 5.92 Å². The summed E-state index contributed by atoms with van der Waals surface area (Å²) < 4.78 is 27.7. The molecule has 0 N–H and O–H groups in total. The summed E-state index contributed by atoms with van der Waals surface area (Å²) >= 11 is 1.55. The van der Waals surface area contributed by atoms with E-state index in [0.717, 1.165) is 0 Å². The lowest BCUT2D eigenvalue weighted by atomic mass is 9.97. The second-order valence-electron chi connectivity index (χ2n) is 2.98. The third-order valence-electron chi connectivity index (χ3n) is 2.15. The molecule has 1 fully saturated rings. The highest BCUT2D eigenvalue weighted by atomic mass is 32.2. The van der Waals surface area contributed by atoms with E-state index in [9.17, 15) is 8.78 Å². The van der Waals surface area contributed by atoms with Crippen LogP contribution in [0.25, 0.3) is 0 Å². The molecule has 66 valence electrons. The van der Waals surface area contributed by atoms with Crippen molar-refractivity contribution >= 4 is 11.9 Å². The SMILES string of the molecule is CSN1CCC(F)(F)C(C)C1. The van der Waals surface area contributed by atoms with Crippen molar-refractivity contribution in [2.75, 3.05) is 19.3 Å². The molecule has 1 aliphatic rings. The van der Waals surface area contributed by atoms with Crippen molar-refractivity contribution in [2.24, 2.45) is 5.92 Å². The molecule has 0 aromatic carbocycles. The molecule has 0 amide bonds. The van der Waals surface area contributed by atoms with Gasteiger partial charge in [0.2, 0.25) is 0 Å². The van der Waals surface area contributed by atoms with Gasteiger partial charge in [-0.15, -0.1) is 0 Å². The fourth-order valence-electron chi connectivity index (χ4n) is 1.22. The van der Waals surface area contributed by atoms with Gasteiger partial charge in [-0.1, -0.05) is 18.9 Å². The molecule has 0 saturated carbocycles. The number of rotatable bonds is 1. The minimum atomic E-state index is -2.44. The van der Waals surface area contributed by atoms with E-state index in [1.165, 1.54) is 0 Å². The molecule has 1 atom stereocenters. The van der Waals surface area contributed by atoms with E-state index in [1.807, 2.05) is 10.6 Å². The molecular formula is C7H13F2NS. The first kappa shape index (κ1) is 9.26. The molecule has 1 unspecified atom stereocenters. The molecule has 0 aromatic heterocycles. The Morgan fingerprint density at radius 1 is 1.55 bits per heavy atom. The Kier molecular flexibility index (Phi) is 2.75. The summed E-state index contributed by atoms with van der Waals surface area (Å²) in [6.45, 7) is 2.63. The highest BCUT2D eigenvalue weighted by molar-refractivity contribution is 7.96. The largest absolute Gasteiger partial charge is 0.253 e. The maximum Gasteiger partial charge on any atom is 0.253 e. The van der Waals surface area contributed by atoms with Crippen molar-refractivity contribution in [3.8, 4) is 0 Å². The molecule has 0 spiro atoms. The topological polar surface area (TPSA) is 3.24 Å². The second-order valence-corrected chi connectivity index (χ2v) is 3.86. The first-order valence-corrected chi connectivity index (χ1v) is 4.91. The zero-order valence-electron chi connectivity index (χ0n) is 6.81. The van der Waals surface area contributed by atoms with E-state index in [-0.39, 0.29) is 6.42 Å². The molecule has 1 saturated heterocycles. The monoisotopic (exact) mass is 181 g/mol. The van der Waals surface area contributed by atoms with Crippen LogP contribution in [0.4, 0.5) is 8.78 Å². The summed E-state index contributed by atoms with van der Waals surface area (Å²) in [5.74, 6) is -2.93. The Balaban J connectivity index is 2.48. The predicted molar refractivity (Wildman–Crippen MR) is 43.8 cm³/mol. The van der Waals surface area contributed by atoms with Crippen LogP contribution in [0.2, 0.25) is 0 Å². The molecule has 1 nitrogen and oxygen atoms in total. The van der Waals surface area contributed by atoms with E-state index in [2.05, 4.69) is 0 Å². The van der Waals surface area contributed by atoms with Crippen molar-refractivity contribution in [3.63, 3.8) is 0 Å². The number of alkyl halides is 2. The van der Waals surface area contributed by atoms with Crippen molar-refractivity contribution in [1.82, 2.24) is 4.31 Å². The molecular weight excluding hydrogens is 168 g/mol. The number of hydrogen-bond acceptors (Lipinski definition) is 2. The minimum absolute atomic E-state index is 0.00894. The maximum absolute atomic E-state index is 12.9.